The molecule has 5 aromatic rings. The second-order valence-corrected chi connectivity index (χ2v) is 10.8. The summed E-state index contributed by atoms with van der Waals surface area (Å²) in [6.45, 7) is 3.30. The Kier molecular flexibility index (Phi) is 8.40. The summed E-state index contributed by atoms with van der Waals surface area (Å²) in [7, 11) is 0. The number of nitrogens with zero attached hydrogens (tertiary/aromatic N) is 5. The van der Waals surface area contributed by atoms with Crippen LogP contribution in [0.25, 0.3) is 28.0 Å². The number of hydrogen-bond acceptors (Lipinski definition) is 6. The molecule has 9 nitrogen and oxygen atoms in total. The van der Waals surface area contributed by atoms with Crippen LogP contribution in [0.4, 0.5) is 11.6 Å². The number of pyridine rings is 1. The fourth-order valence-electron chi connectivity index (χ4n) is 5.52. The molecule has 2 N–H and O–H groups in total. The molecule has 6 rings (SSSR count). The number of rotatable bonds is 9. The van der Waals surface area contributed by atoms with Gasteiger partial charge in [-0.05, 0) is 61.7 Å². The van der Waals surface area contributed by atoms with E-state index in [1.54, 1.807) is 30.5 Å². The maximum atomic E-state index is 13.3. The van der Waals surface area contributed by atoms with Crippen molar-refractivity contribution in [2.45, 2.75) is 45.1 Å². The van der Waals surface area contributed by atoms with Gasteiger partial charge in [0.1, 0.15) is 5.69 Å². The largest absolute Gasteiger partial charge is 0.350 e. The zero-order valence-electron chi connectivity index (χ0n) is 24.2. The Labute approximate surface area is 251 Å². The average molecular weight is 574 g/mol. The number of piperidine rings is 1. The Hall–Kier alpha value is -5.05. The van der Waals surface area contributed by atoms with Crippen molar-refractivity contribution >= 4 is 29.0 Å². The highest BCUT2D eigenvalue weighted by Gasteiger charge is 2.25. The van der Waals surface area contributed by atoms with Gasteiger partial charge in [-0.2, -0.15) is 5.10 Å². The summed E-state index contributed by atoms with van der Waals surface area (Å²) in [6.07, 6.45) is 7.82. The molecule has 0 aliphatic carbocycles. The lowest BCUT2D eigenvalue weighted by molar-refractivity contribution is -0.116. The van der Waals surface area contributed by atoms with Crippen LogP contribution in [-0.4, -0.2) is 55.4 Å². The Morgan fingerprint density at radius 2 is 1.79 bits per heavy atom. The second kappa shape index (κ2) is 12.9. The predicted molar refractivity (Wildman–Crippen MR) is 169 cm³/mol. The highest BCUT2D eigenvalue weighted by molar-refractivity contribution is 5.96. The normalized spacial score (nSPS) is 14.9. The van der Waals surface area contributed by atoms with E-state index in [1.807, 2.05) is 58.1 Å². The first-order valence-electron chi connectivity index (χ1n) is 14.9. The maximum Gasteiger partial charge on any atom is 0.253 e. The third-order valence-electron chi connectivity index (χ3n) is 7.71. The van der Waals surface area contributed by atoms with Gasteiger partial charge in [0, 0.05) is 54.8 Å². The van der Waals surface area contributed by atoms with Crippen molar-refractivity contribution in [3.63, 3.8) is 0 Å². The van der Waals surface area contributed by atoms with E-state index in [2.05, 4.69) is 34.7 Å². The summed E-state index contributed by atoms with van der Waals surface area (Å²) < 4.78 is 1.88. The quantitative estimate of drug-likeness (QED) is 0.214. The van der Waals surface area contributed by atoms with Crippen LogP contribution in [0.15, 0.2) is 91.3 Å². The van der Waals surface area contributed by atoms with E-state index in [9.17, 15) is 9.59 Å². The number of carbonyl (C=O) groups is 2. The Morgan fingerprint density at radius 1 is 0.977 bits per heavy atom. The standard InChI is InChI=1S/C34H35N7O2/c1-2-3-14-30(42)36-26-17-15-25(16-18-26)33(43)40-21-9-12-27(23-40)37-34-35-20-19-28(38-34)31-29-13-7-8-22-41(29)39-32(31)24-10-5-4-6-11-24/h4-8,10-11,13,15-20,22,27H,2-3,9,12,14,21,23H2,1H3,(H,36,42)(H,35,37,38). The van der Waals surface area contributed by atoms with Crippen molar-refractivity contribution in [1.29, 1.82) is 0 Å². The molecule has 218 valence electrons. The molecule has 1 aliphatic rings. The van der Waals surface area contributed by atoms with Crippen molar-refractivity contribution in [1.82, 2.24) is 24.5 Å². The number of unbranched alkanes of at least 4 members (excludes halogenated alkanes) is 1. The van der Waals surface area contributed by atoms with Crippen LogP contribution in [0, 0.1) is 0 Å². The number of amides is 2. The molecular weight excluding hydrogens is 538 g/mol. The zero-order valence-corrected chi connectivity index (χ0v) is 24.2. The molecule has 2 aromatic carbocycles. The van der Waals surface area contributed by atoms with Crippen LogP contribution in [-0.2, 0) is 4.79 Å². The van der Waals surface area contributed by atoms with E-state index < -0.39 is 0 Å². The first-order chi connectivity index (χ1) is 21.1. The van der Waals surface area contributed by atoms with Crippen molar-refractivity contribution in [2.75, 3.05) is 23.7 Å². The highest BCUT2D eigenvalue weighted by Crippen LogP contribution is 2.34. The molecule has 1 saturated heterocycles. The topological polar surface area (TPSA) is 105 Å². The lowest BCUT2D eigenvalue weighted by Crippen LogP contribution is -2.45. The van der Waals surface area contributed by atoms with E-state index in [4.69, 9.17) is 10.1 Å². The molecule has 1 aliphatic heterocycles. The Morgan fingerprint density at radius 3 is 2.60 bits per heavy atom. The van der Waals surface area contributed by atoms with E-state index in [-0.39, 0.29) is 17.9 Å². The first kappa shape index (κ1) is 28.1. The van der Waals surface area contributed by atoms with Gasteiger partial charge in [0.2, 0.25) is 11.9 Å². The molecule has 2 amide bonds. The summed E-state index contributed by atoms with van der Waals surface area (Å²) in [6, 6.07) is 25.2. The third-order valence-corrected chi connectivity index (χ3v) is 7.71. The number of fused-ring (bicyclic) bond motifs is 1. The fourth-order valence-corrected chi connectivity index (χ4v) is 5.52. The summed E-state index contributed by atoms with van der Waals surface area (Å²) in [5.41, 5.74) is 5.87. The molecule has 1 fully saturated rings. The van der Waals surface area contributed by atoms with Crippen molar-refractivity contribution in [2.24, 2.45) is 0 Å². The van der Waals surface area contributed by atoms with Gasteiger partial charge in [-0.3, -0.25) is 9.59 Å². The molecule has 0 saturated carbocycles. The van der Waals surface area contributed by atoms with E-state index in [0.29, 0.717) is 36.7 Å². The molecule has 0 bridgehead atoms. The minimum Gasteiger partial charge on any atom is -0.350 e. The zero-order chi connectivity index (χ0) is 29.6. The van der Waals surface area contributed by atoms with Crippen molar-refractivity contribution in [3.05, 3.63) is 96.8 Å². The highest BCUT2D eigenvalue weighted by atomic mass is 16.2. The summed E-state index contributed by atoms with van der Waals surface area (Å²) in [5.74, 6) is 0.494. The van der Waals surface area contributed by atoms with Gasteiger partial charge in [-0.15, -0.1) is 0 Å². The summed E-state index contributed by atoms with van der Waals surface area (Å²) in [5, 5.41) is 11.2. The number of aromatic nitrogens is 4. The van der Waals surface area contributed by atoms with Gasteiger partial charge in [0.25, 0.3) is 5.91 Å². The Balaban J connectivity index is 1.16. The molecule has 3 aromatic heterocycles. The number of benzene rings is 2. The Bertz CT molecular complexity index is 1720. The molecule has 9 heteroatoms. The smallest absolute Gasteiger partial charge is 0.253 e. The lowest BCUT2D eigenvalue weighted by Gasteiger charge is -2.33. The summed E-state index contributed by atoms with van der Waals surface area (Å²) in [4.78, 5) is 36.7. The van der Waals surface area contributed by atoms with Crippen LogP contribution in [0.2, 0.25) is 0 Å². The van der Waals surface area contributed by atoms with Crippen molar-refractivity contribution in [3.8, 4) is 22.5 Å². The third kappa shape index (κ3) is 6.40. The minimum atomic E-state index is -0.0242. The van der Waals surface area contributed by atoms with Crippen LogP contribution >= 0.6 is 0 Å². The van der Waals surface area contributed by atoms with Gasteiger partial charge in [0.15, 0.2) is 0 Å². The van der Waals surface area contributed by atoms with E-state index in [0.717, 1.165) is 53.7 Å². The fraction of sp³-hybridized carbons (Fsp3) is 0.265. The monoisotopic (exact) mass is 573 g/mol. The number of carbonyl (C=O) groups excluding carboxylic acids is 2. The molecule has 0 spiro atoms. The maximum absolute atomic E-state index is 13.3. The van der Waals surface area contributed by atoms with Gasteiger partial charge in [-0.1, -0.05) is 49.7 Å². The lowest BCUT2D eigenvalue weighted by atomic mass is 10.0. The molecule has 0 radical (unpaired) electrons. The van der Waals surface area contributed by atoms with Crippen LogP contribution in [0.5, 0.6) is 0 Å². The molecule has 4 heterocycles. The molecule has 43 heavy (non-hydrogen) atoms. The average Bonchev–Trinajstić information content (AvgIpc) is 3.44. The number of nitrogens with one attached hydrogen (secondary N) is 2. The van der Waals surface area contributed by atoms with Crippen LogP contribution in [0.1, 0.15) is 49.4 Å². The predicted octanol–water partition coefficient (Wildman–Crippen LogP) is 6.30. The second-order valence-electron chi connectivity index (χ2n) is 10.8. The van der Waals surface area contributed by atoms with E-state index >= 15 is 0 Å². The van der Waals surface area contributed by atoms with Gasteiger partial charge < -0.3 is 15.5 Å². The SMILES string of the molecule is CCCCC(=O)Nc1ccc(C(=O)N2CCCC(Nc3nccc(-c4c(-c5ccccc5)nn5ccccc45)n3)C2)cc1. The first-order valence-corrected chi connectivity index (χ1v) is 14.9. The van der Waals surface area contributed by atoms with Gasteiger partial charge in [-0.25, -0.2) is 14.5 Å². The van der Waals surface area contributed by atoms with Gasteiger partial charge in [0.05, 0.1) is 16.8 Å². The molecule has 1 atom stereocenters. The van der Waals surface area contributed by atoms with Crippen LogP contribution < -0.4 is 10.6 Å². The minimum absolute atomic E-state index is 0.00460. The number of anilines is 2. The van der Waals surface area contributed by atoms with Gasteiger partial charge >= 0.3 is 0 Å². The number of hydrogen-bond donors (Lipinski definition) is 2. The van der Waals surface area contributed by atoms with Crippen molar-refractivity contribution < 1.29 is 9.59 Å². The number of likely N-dealkylation sites (tertiary alicyclic amines) is 1. The molecular formula is C34H35N7O2. The molecule has 1 unspecified atom stereocenters. The summed E-state index contributed by atoms with van der Waals surface area (Å²) >= 11 is 0. The van der Waals surface area contributed by atoms with Crippen LogP contribution in [0.3, 0.4) is 0 Å². The van der Waals surface area contributed by atoms with E-state index in [1.165, 1.54) is 0 Å².